The number of hydrogen-bond acceptors (Lipinski definition) is 2. The minimum absolute atomic E-state index is 0.0334. The van der Waals surface area contributed by atoms with Crippen molar-refractivity contribution in [1.82, 2.24) is 0 Å². The molecular formula is C9H9OS. The lowest BCUT2D eigenvalue weighted by Gasteiger charge is -2.01. The van der Waals surface area contributed by atoms with Gasteiger partial charge in [-0.15, -0.1) is 0 Å². The molecule has 0 aliphatic carbocycles. The van der Waals surface area contributed by atoms with E-state index < -0.39 is 5.25 Å². The van der Waals surface area contributed by atoms with E-state index in [1.54, 1.807) is 12.1 Å². The minimum Gasteiger partial charge on any atom is -0.293 e. The van der Waals surface area contributed by atoms with Crippen molar-refractivity contribution in [2.24, 2.45) is 0 Å². The van der Waals surface area contributed by atoms with Crippen LogP contribution in [-0.2, 0) is 0 Å². The van der Waals surface area contributed by atoms with E-state index in [9.17, 15) is 4.79 Å². The zero-order valence-corrected chi connectivity index (χ0v) is 6.92. The molecule has 1 aromatic carbocycles. The Hall–Kier alpha value is -0.760. The van der Waals surface area contributed by atoms with Crippen LogP contribution in [0.1, 0.15) is 10.4 Å². The Balaban J connectivity index is 2.86. The van der Waals surface area contributed by atoms with Crippen molar-refractivity contribution in [3.05, 3.63) is 42.8 Å². The summed E-state index contributed by atoms with van der Waals surface area (Å²) in [7, 11) is 0. The second-order valence-electron chi connectivity index (χ2n) is 2.25. The van der Waals surface area contributed by atoms with Crippen LogP contribution in [0.3, 0.4) is 0 Å². The highest BCUT2D eigenvalue weighted by molar-refractivity contribution is 7.82. The topological polar surface area (TPSA) is 17.1 Å². The number of carbonyl (C=O) groups is 1. The van der Waals surface area contributed by atoms with E-state index in [0.717, 1.165) is 0 Å². The van der Waals surface area contributed by atoms with Gasteiger partial charge in [0.25, 0.3) is 0 Å². The summed E-state index contributed by atoms with van der Waals surface area (Å²) in [5.41, 5.74) is 0.669. The van der Waals surface area contributed by atoms with Crippen molar-refractivity contribution >= 4 is 18.4 Å². The van der Waals surface area contributed by atoms with Crippen LogP contribution in [0.25, 0.3) is 0 Å². The largest absolute Gasteiger partial charge is 0.293 e. The van der Waals surface area contributed by atoms with E-state index in [1.165, 1.54) is 0 Å². The predicted molar refractivity (Wildman–Crippen MR) is 48.9 cm³/mol. The van der Waals surface area contributed by atoms with Crippen LogP contribution in [0, 0.1) is 6.92 Å². The molecule has 1 radical (unpaired) electrons. The molecular weight excluding hydrogens is 156 g/mol. The molecule has 1 atom stereocenters. The summed E-state index contributed by atoms with van der Waals surface area (Å²) in [6.07, 6.45) is 0. The predicted octanol–water partition coefficient (Wildman–Crippen LogP) is 2.00. The fourth-order valence-corrected chi connectivity index (χ4v) is 0.944. The third-order valence-electron chi connectivity index (χ3n) is 1.36. The number of thiol groups is 1. The van der Waals surface area contributed by atoms with E-state index in [1.807, 2.05) is 18.2 Å². The van der Waals surface area contributed by atoms with Crippen molar-refractivity contribution in [3.8, 4) is 0 Å². The molecule has 0 aliphatic rings. The smallest absolute Gasteiger partial charge is 0.175 e. The maximum atomic E-state index is 11.2. The SMILES string of the molecule is [CH2]C(S)C(=O)c1ccccc1. The van der Waals surface area contributed by atoms with Gasteiger partial charge in [-0.1, -0.05) is 30.3 Å². The van der Waals surface area contributed by atoms with Gasteiger partial charge < -0.3 is 0 Å². The van der Waals surface area contributed by atoms with Crippen LogP contribution < -0.4 is 0 Å². The first-order valence-corrected chi connectivity index (χ1v) is 3.84. The van der Waals surface area contributed by atoms with E-state index in [4.69, 9.17) is 0 Å². The van der Waals surface area contributed by atoms with Gasteiger partial charge >= 0.3 is 0 Å². The van der Waals surface area contributed by atoms with Crippen LogP contribution in [0.2, 0.25) is 0 Å². The monoisotopic (exact) mass is 165 g/mol. The van der Waals surface area contributed by atoms with Gasteiger partial charge in [0, 0.05) is 5.56 Å². The molecule has 0 saturated heterocycles. The van der Waals surface area contributed by atoms with Gasteiger partial charge in [0.2, 0.25) is 0 Å². The number of ketones is 1. The molecule has 0 aromatic heterocycles. The first-order chi connectivity index (χ1) is 5.22. The maximum absolute atomic E-state index is 11.2. The lowest BCUT2D eigenvalue weighted by molar-refractivity contribution is 0.100. The van der Waals surface area contributed by atoms with Gasteiger partial charge in [-0.2, -0.15) is 12.6 Å². The Morgan fingerprint density at radius 1 is 1.36 bits per heavy atom. The zero-order valence-electron chi connectivity index (χ0n) is 6.03. The summed E-state index contributed by atoms with van der Waals surface area (Å²) >= 11 is 3.94. The summed E-state index contributed by atoms with van der Waals surface area (Å²) in [5.74, 6) is -0.0334. The van der Waals surface area contributed by atoms with Crippen molar-refractivity contribution < 1.29 is 4.79 Å². The first kappa shape index (κ1) is 8.34. The fourth-order valence-electron chi connectivity index (χ4n) is 0.795. The van der Waals surface area contributed by atoms with Crippen LogP contribution in [0.15, 0.2) is 30.3 Å². The van der Waals surface area contributed by atoms with Gasteiger partial charge in [-0.3, -0.25) is 4.79 Å². The molecule has 0 aliphatic heterocycles. The molecule has 0 fully saturated rings. The molecule has 0 saturated carbocycles. The standard InChI is InChI=1S/C9H9OS/c1-7(11)9(10)8-5-3-2-4-6-8/h2-7,11H,1H2. The number of rotatable bonds is 2. The van der Waals surface area contributed by atoms with Crippen molar-refractivity contribution in [2.45, 2.75) is 5.25 Å². The third-order valence-corrected chi connectivity index (χ3v) is 1.60. The molecule has 2 heteroatoms. The van der Waals surface area contributed by atoms with E-state index in [0.29, 0.717) is 5.56 Å². The highest BCUT2D eigenvalue weighted by Crippen LogP contribution is 2.06. The molecule has 1 rings (SSSR count). The Bertz CT molecular complexity index is 241. The summed E-state index contributed by atoms with van der Waals surface area (Å²) in [6.45, 7) is 3.53. The molecule has 0 N–H and O–H groups in total. The van der Waals surface area contributed by atoms with Crippen molar-refractivity contribution in [3.63, 3.8) is 0 Å². The van der Waals surface area contributed by atoms with E-state index in [-0.39, 0.29) is 5.78 Å². The van der Waals surface area contributed by atoms with Crippen LogP contribution in [0.4, 0.5) is 0 Å². The van der Waals surface area contributed by atoms with Crippen LogP contribution in [0.5, 0.6) is 0 Å². The molecule has 0 heterocycles. The molecule has 1 aromatic rings. The van der Waals surface area contributed by atoms with Gasteiger partial charge in [0.15, 0.2) is 5.78 Å². The second kappa shape index (κ2) is 3.58. The number of hydrogen-bond donors (Lipinski definition) is 1. The normalized spacial score (nSPS) is 12.5. The van der Waals surface area contributed by atoms with Gasteiger partial charge in [0.1, 0.15) is 0 Å². The average Bonchev–Trinajstić information content (AvgIpc) is 2.05. The van der Waals surface area contributed by atoms with Crippen molar-refractivity contribution in [1.29, 1.82) is 0 Å². The van der Waals surface area contributed by atoms with E-state index in [2.05, 4.69) is 19.6 Å². The summed E-state index contributed by atoms with van der Waals surface area (Å²) in [6, 6.07) is 9.04. The van der Waals surface area contributed by atoms with Gasteiger partial charge in [-0.25, -0.2) is 0 Å². The Morgan fingerprint density at radius 3 is 2.36 bits per heavy atom. The lowest BCUT2D eigenvalue weighted by atomic mass is 10.1. The maximum Gasteiger partial charge on any atom is 0.175 e. The zero-order chi connectivity index (χ0) is 8.27. The Labute approximate surface area is 71.8 Å². The quantitative estimate of drug-likeness (QED) is 0.524. The van der Waals surface area contributed by atoms with Gasteiger partial charge in [-0.05, 0) is 6.92 Å². The number of Topliss-reactive ketones (excluding diaryl/α,β-unsaturated/α-hetero) is 1. The molecule has 11 heavy (non-hydrogen) atoms. The lowest BCUT2D eigenvalue weighted by Crippen LogP contribution is -2.10. The fraction of sp³-hybridized carbons (Fsp3) is 0.111. The summed E-state index contributed by atoms with van der Waals surface area (Å²) < 4.78 is 0. The molecule has 0 bridgehead atoms. The summed E-state index contributed by atoms with van der Waals surface area (Å²) in [4.78, 5) is 11.2. The highest BCUT2D eigenvalue weighted by atomic mass is 32.1. The summed E-state index contributed by atoms with van der Waals surface area (Å²) in [5, 5.41) is -0.461. The molecule has 0 spiro atoms. The molecule has 1 nitrogen and oxygen atoms in total. The highest BCUT2D eigenvalue weighted by Gasteiger charge is 2.09. The number of carbonyl (C=O) groups excluding carboxylic acids is 1. The van der Waals surface area contributed by atoms with Crippen LogP contribution >= 0.6 is 12.6 Å². The molecule has 1 unspecified atom stereocenters. The average molecular weight is 165 g/mol. The minimum atomic E-state index is -0.461. The number of benzene rings is 1. The van der Waals surface area contributed by atoms with Crippen molar-refractivity contribution in [2.75, 3.05) is 0 Å². The third kappa shape index (κ3) is 2.09. The molecule has 0 amide bonds. The van der Waals surface area contributed by atoms with E-state index >= 15 is 0 Å². The first-order valence-electron chi connectivity index (χ1n) is 3.32. The second-order valence-corrected chi connectivity index (χ2v) is 2.87. The van der Waals surface area contributed by atoms with Gasteiger partial charge in [0.05, 0.1) is 5.25 Å². The van der Waals surface area contributed by atoms with Crippen LogP contribution in [-0.4, -0.2) is 11.0 Å². The Morgan fingerprint density at radius 2 is 1.91 bits per heavy atom. The molecule has 57 valence electrons. The Kier molecular flexibility index (Phi) is 2.71.